The van der Waals surface area contributed by atoms with Crippen molar-refractivity contribution in [3.8, 4) is 0 Å². The van der Waals surface area contributed by atoms with Gasteiger partial charge < -0.3 is 10.6 Å². The Balaban J connectivity index is 0.00000200. The van der Waals surface area contributed by atoms with E-state index in [4.69, 9.17) is 0 Å². The molecule has 1 atom stereocenters. The van der Waals surface area contributed by atoms with Crippen molar-refractivity contribution in [1.29, 1.82) is 0 Å². The van der Waals surface area contributed by atoms with Crippen LogP contribution in [-0.4, -0.2) is 25.0 Å². The molecule has 0 aliphatic carbocycles. The van der Waals surface area contributed by atoms with Gasteiger partial charge in [0.15, 0.2) is 0 Å². The molecule has 112 valence electrons. The van der Waals surface area contributed by atoms with Crippen molar-refractivity contribution in [1.82, 2.24) is 10.6 Å². The number of hydrogen-bond acceptors (Lipinski definition) is 2. The molecule has 1 aromatic carbocycles. The molecule has 1 amide bonds. The molecule has 2 N–H and O–H groups in total. The van der Waals surface area contributed by atoms with E-state index < -0.39 is 5.41 Å². The molecule has 5 heteroatoms. The van der Waals surface area contributed by atoms with Crippen molar-refractivity contribution in [2.75, 3.05) is 13.1 Å². The number of carbonyl (C=O) groups is 1. The van der Waals surface area contributed by atoms with Gasteiger partial charge in [-0.25, -0.2) is 0 Å². The Labute approximate surface area is 135 Å². The maximum atomic E-state index is 12.5. The highest BCUT2D eigenvalue weighted by Gasteiger charge is 2.31. The minimum absolute atomic E-state index is 0. The highest BCUT2D eigenvalue weighted by atomic mass is 79.9. The SMILES string of the molecule is CC(C)(C(=O)N[C@H]1CCCNC1)c1ccc(Br)cc1.Cl. The van der Waals surface area contributed by atoms with Gasteiger partial charge in [-0.15, -0.1) is 12.4 Å². The summed E-state index contributed by atoms with van der Waals surface area (Å²) in [6.07, 6.45) is 2.19. The van der Waals surface area contributed by atoms with Crippen molar-refractivity contribution >= 4 is 34.2 Å². The second kappa shape index (κ2) is 7.43. The van der Waals surface area contributed by atoms with Gasteiger partial charge in [-0.05, 0) is 50.9 Å². The molecule has 1 aromatic rings. The smallest absolute Gasteiger partial charge is 0.230 e. The third-order valence-corrected chi connectivity index (χ3v) is 4.29. The predicted octanol–water partition coefficient (Wildman–Crippen LogP) is 3.02. The summed E-state index contributed by atoms with van der Waals surface area (Å²) in [7, 11) is 0. The van der Waals surface area contributed by atoms with Gasteiger partial charge in [-0.1, -0.05) is 28.1 Å². The first-order valence-electron chi connectivity index (χ1n) is 6.78. The third kappa shape index (κ3) is 4.21. The van der Waals surface area contributed by atoms with Gasteiger partial charge in [0.2, 0.25) is 5.91 Å². The van der Waals surface area contributed by atoms with Crippen LogP contribution in [0, 0.1) is 0 Å². The topological polar surface area (TPSA) is 41.1 Å². The quantitative estimate of drug-likeness (QED) is 0.869. The summed E-state index contributed by atoms with van der Waals surface area (Å²) < 4.78 is 1.03. The Morgan fingerprint density at radius 1 is 1.35 bits per heavy atom. The Morgan fingerprint density at radius 2 is 2.00 bits per heavy atom. The summed E-state index contributed by atoms with van der Waals surface area (Å²) in [5.74, 6) is 0.100. The summed E-state index contributed by atoms with van der Waals surface area (Å²) in [4.78, 5) is 12.5. The molecule has 0 unspecified atom stereocenters. The minimum atomic E-state index is -0.502. The second-order valence-electron chi connectivity index (χ2n) is 5.65. The Kier molecular flexibility index (Phi) is 6.49. The number of rotatable bonds is 3. The monoisotopic (exact) mass is 360 g/mol. The summed E-state index contributed by atoms with van der Waals surface area (Å²) in [5, 5.41) is 6.48. The first-order valence-corrected chi connectivity index (χ1v) is 7.57. The van der Waals surface area contributed by atoms with Crippen molar-refractivity contribution in [2.45, 2.75) is 38.1 Å². The molecule has 3 nitrogen and oxygen atoms in total. The maximum absolute atomic E-state index is 12.5. The van der Waals surface area contributed by atoms with E-state index in [0.717, 1.165) is 36.0 Å². The molecule has 1 saturated heterocycles. The first kappa shape index (κ1) is 17.5. The molecule has 0 bridgehead atoms. The Hall–Kier alpha value is -0.580. The summed E-state index contributed by atoms with van der Waals surface area (Å²) in [5.41, 5.74) is 0.537. The summed E-state index contributed by atoms with van der Waals surface area (Å²) in [6, 6.07) is 8.22. The predicted molar refractivity (Wildman–Crippen MR) is 88.5 cm³/mol. The summed E-state index contributed by atoms with van der Waals surface area (Å²) in [6.45, 7) is 5.88. The lowest BCUT2D eigenvalue weighted by Gasteiger charge is -2.30. The van der Waals surface area contributed by atoms with E-state index in [-0.39, 0.29) is 24.4 Å². The lowest BCUT2D eigenvalue weighted by Crippen LogP contribution is -2.50. The van der Waals surface area contributed by atoms with E-state index in [1.807, 2.05) is 38.1 Å². The van der Waals surface area contributed by atoms with E-state index in [1.165, 1.54) is 0 Å². The fourth-order valence-electron chi connectivity index (χ4n) is 2.34. The number of benzene rings is 1. The van der Waals surface area contributed by atoms with Crippen LogP contribution in [0.3, 0.4) is 0 Å². The van der Waals surface area contributed by atoms with Crippen LogP contribution in [0.4, 0.5) is 0 Å². The zero-order valence-corrected chi connectivity index (χ0v) is 14.3. The highest BCUT2D eigenvalue weighted by Crippen LogP contribution is 2.25. The third-order valence-electron chi connectivity index (χ3n) is 3.77. The minimum Gasteiger partial charge on any atom is -0.351 e. The number of piperidine rings is 1. The van der Waals surface area contributed by atoms with Crippen LogP contribution in [0.15, 0.2) is 28.7 Å². The van der Waals surface area contributed by atoms with Gasteiger partial charge in [-0.3, -0.25) is 4.79 Å². The largest absolute Gasteiger partial charge is 0.351 e. The average molecular weight is 362 g/mol. The molecule has 0 aromatic heterocycles. The fraction of sp³-hybridized carbons (Fsp3) is 0.533. The molecular formula is C15H22BrClN2O. The van der Waals surface area contributed by atoms with E-state index in [2.05, 4.69) is 26.6 Å². The van der Waals surface area contributed by atoms with Gasteiger partial charge >= 0.3 is 0 Å². The zero-order chi connectivity index (χ0) is 13.9. The zero-order valence-electron chi connectivity index (χ0n) is 11.9. The highest BCUT2D eigenvalue weighted by molar-refractivity contribution is 9.10. The van der Waals surface area contributed by atoms with E-state index in [1.54, 1.807) is 0 Å². The Morgan fingerprint density at radius 3 is 2.55 bits per heavy atom. The van der Waals surface area contributed by atoms with Crippen LogP contribution in [0.1, 0.15) is 32.3 Å². The number of hydrogen-bond donors (Lipinski definition) is 2. The van der Waals surface area contributed by atoms with Crippen LogP contribution in [-0.2, 0) is 10.2 Å². The van der Waals surface area contributed by atoms with E-state index in [9.17, 15) is 4.79 Å². The molecule has 2 rings (SSSR count). The molecule has 0 saturated carbocycles. The molecule has 20 heavy (non-hydrogen) atoms. The lowest BCUT2D eigenvalue weighted by molar-refractivity contribution is -0.126. The second-order valence-corrected chi connectivity index (χ2v) is 6.56. The lowest BCUT2D eigenvalue weighted by atomic mass is 9.83. The molecule has 1 aliphatic heterocycles. The molecule has 1 fully saturated rings. The fourth-order valence-corrected chi connectivity index (χ4v) is 2.60. The van der Waals surface area contributed by atoms with Crippen molar-refractivity contribution in [3.63, 3.8) is 0 Å². The standard InChI is InChI=1S/C15H21BrN2O.ClH/c1-15(2,11-5-7-12(16)8-6-11)14(19)18-13-4-3-9-17-10-13;/h5-8,13,17H,3-4,9-10H2,1-2H3,(H,18,19);1H/t13-;/m0./s1. The van der Waals surface area contributed by atoms with Gasteiger partial charge in [-0.2, -0.15) is 0 Å². The van der Waals surface area contributed by atoms with Crippen molar-refractivity contribution < 1.29 is 4.79 Å². The van der Waals surface area contributed by atoms with Gasteiger partial charge in [0, 0.05) is 17.1 Å². The van der Waals surface area contributed by atoms with Gasteiger partial charge in [0.05, 0.1) is 5.41 Å². The molecule has 0 radical (unpaired) electrons. The van der Waals surface area contributed by atoms with Gasteiger partial charge in [0.1, 0.15) is 0 Å². The molecule has 1 aliphatic rings. The summed E-state index contributed by atoms with van der Waals surface area (Å²) >= 11 is 3.42. The van der Waals surface area contributed by atoms with Crippen LogP contribution in [0.25, 0.3) is 0 Å². The normalized spacial score (nSPS) is 19.1. The molecule has 1 heterocycles. The van der Waals surface area contributed by atoms with E-state index in [0.29, 0.717) is 0 Å². The number of nitrogens with one attached hydrogen (secondary N) is 2. The van der Waals surface area contributed by atoms with Crippen molar-refractivity contribution in [3.05, 3.63) is 34.3 Å². The van der Waals surface area contributed by atoms with Gasteiger partial charge in [0.25, 0.3) is 0 Å². The van der Waals surface area contributed by atoms with Crippen molar-refractivity contribution in [2.24, 2.45) is 0 Å². The maximum Gasteiger partial charge on any atom is 0.230 e. The molecular weight excluding hydrogens is 340 g/mol. The number of amides is 1. The number of carbonyl (C=O) groups excluding carboxylic acids is 1. The van der Waals surface area contributed by atoms with Crippen LogP contribution in [0.2, 0.25) is 0 Å². The molecule has 0 spiro atoms. The first-order chi connectivity index (χ1) is 9.00. The van der Waals surface area contributed by atoms with Crippen LogP contribution >= 0.6 is 28.3 Å². The van der Waals surface area contributed by atoms with Crippen LogP contribution in [0.5, 0.6) is 0 Å². The Bertz CT molecular complexity index is 442. The number of halogens is 2. The van der Waals surface area contributed by atoms with Crippen LogP contribution < -0.4 is 10.6 Å². The van der Waals surface area contributed by atoms with E-state index >= 15 is 0 Å². The average Bonchev–Trinajstić information content (AvgIpc) is 2.40.